The third-order valence-electron chi connectivity index (χ3n) is 1.96. The lowest BCUT2D eigenvalue weighted by Gasteiger charge is -2.09. The van der Waals surface area contributed by atoms with Gasteiger partial charge in [0.2, 0.25) is 12.0 Å². The molecule has 2 rings (SSSR count). The average molecular weight is 181 g/mol. The molecule has 1 aliphatic heterocycles. The Morgan fingerprint density at radius 2 is 2.08 bits per heavy atom. The van der Waals surface area contributed by atoms with Crippen LogP contribution in [0.5, 0.6) is 0 Å². The van der Waals surface area contributed by atoms with E-state index in [4.69, 9.17) is 9.47 Å². The fourth-order valence-corrected chi connectivity index (χ4v) is 1.30. The van der Waals surface area contributed by atoms with Crippen molar-refractivity contribution in [1.29, 1.82) is 0 Å². The van der Waals surface area contributed by atoms with E-state index in [9.17, 15) is 5.21 Å². The van der Waals surface area contributed by atoms with E-state index in [1.165, 1.54) is 6.20 Å². The first-order valence-corrected chi connectivity index (χ1v) is 4.20. The number of hydrogen-bond acceptors (Lipinski definition) is 3. The van der Waals surface area contributed by atoms with E-state index in [0.717, 1.165) is 10.3 Å². The van der Waals surface area contributed by atoms with Crippen LogP contribution >= 0.6 is 0 Å². The molecular weight excluding hydrogens is 170 g/mol. The second kappa shape index (κ2) is 3.32. The number of ether oxygens (including phenoxy) is 2. The van der Waals surface area contributed by atoms with Gasteiger partial charge < -0.3 is 14.7 Å². The van der Waals surface area contributed by atoms with Gasteiger partial charge in [-0.25, -0.2) is 0 Å². The molecule has 1 aromatic rings. The second-order valence-electron chi connectivity index (χ2n) is 3.03. The van der Waals surface area contributed by atoms with E-state index >= 15 is 0 Å². The Balaban J connectivity index is 2.29. The topological polar surface area (TPSA) is 45.4 Å². The summed E-state index contributed by atoms with van der Waals surface area (Å²) < 4.78 is 11.2. The summed E-state index contributed by atoms with van der Waals surface area (Å²) in [5.74, 6) is 0. The molecule has 0 aromatic carbocycles. The maximum absolute atomic E-state index is 11.4. The largest absolute Gasteiger partial charge is 0.618 e. The minimum absolute atomic E-state index is 0.488. The van der Waals surface area contributed by atoms with Gasteiger partial charge in [0.15, 0.2) is 6.20 Å². The Hall–Kier alpha value is -1.13. The minimum atomic E-state index is -0.488. The monoisotopic (exact) mass is 181 g/mol. The predicted molar refractivity (Wildman–Crippen MR) is 44.8 cm³/mol. The molecule has 13 heavy (non-hydrogen) atoms. The Morgan fingerprint density at radius 3 is 2.69 bits per heavy atom. The van der Waals surface area contributed by atoms with E-state index in [0.29, 0.717) is 18.9 Å². The summed E-state index contributed by atoms with van der Waals surface area (Å²) >= 11 is 0. The molecule has 0 bridgehead atoms. The van der Waals surface area contributed by atoms with Crippen LogP contribution in [-0.4, -0.2) is 13.2 Å². The lowest BCUT2D eigenvalue weighted by molar-refractivity contribution is -0.622. The van der Waals surface area contributed by atoms with Gasteiger partial charge in [0.05, 0.1) is 13.2 Å². The SMILES string of the molecule is Cc1ccc(C2OCCO2)[n+]([O-])c1. The van der Waals surface area contributed by atoms with Gasteiger partial charge >= 0.3 is 0 Å². The summed E-state index contributed by atoms with van der Waals surface area (Å²) in [4.78, 5) is 0. The smallest absolute Gasteiger partial charge is 0.249 e. The normalized spacial score (nSPS) is 17.9. The number of aryl methyl sites for hydroxylation is 1. The number of rotatable bonds is 1. The second-order valence-corrected chi connectivity index (χ2v) is 3.03. The third-order valence-corrected chi connectivity index (χ3v) is 1.96. The van der Waals surface area contributed by atoms with Crippen molar-refractivity contribution in [1.82, 2.24) is 0 Å². The molecule has 2 heterocycles. The van der Waals surface area contributed by atoms with Crippen LogP contribution in [0.4, 0.5) is 0 Å². The van der Waals surface area contributed by atoms with E-state index in [-0.39, 0.29) is 0 Å². The Bertz CT molecular complexity index is 308. The highest BCUT2D eigenvalue weighted by atomic mass is 16.7. The lowest BCUT2D eigenvalue weighted by Crippen LogP contribution is -2.33. The van der Waals surface area contributed by atoms with Gasteiger partial charge in [-0.15, -0.1) is 0 Å². The molecule has 0 aliphatic carbocycles. The van der Waals surface area contributed by atoms with Crippen LogP contribution in [0.1, 0.15) is 17.5 Å². The van der Waals surface area contributed by atoms with Gasteiger partial charge in [-0.1, -0.05) is 0 Å². The van der Waals surface area contributed by atoms with Crippen molar-refractivity contribution in [2.24, 2.45) is 0 Å². The zero-order valence-corrected chi connectivity index (χ0v) is 7.40. The minimum Gasteiger partial charge on any atom is -0.618 e. The average Bonchev–Trinajstić information content (AvgIpc) is 2.56. The summed E-state index contributed by atoms with van der Waals surface area (Å²) in [5.41, 5.74) is 1.44. The number of nitrogens with zero attached hydrogens (tertiary/aromatic N) is 1. The maximum atomic E-state index is 11.4. The standard InChI is InChI=1S/C9H11NO3/c1-7-2-3-8(10(11)6-7)9-12-4-5-13-9/h2-3,6,9H,4-5H2,1H3. The maximum Gasteiger partial charge on any atom is 0.249 e. The van der Waals surface area contributed by atoms with E-state index < -0.39 is 6.29 Å². The highest BCUT2D eigenvalue weighted by Gasteiger charge is 2.25. The van der Waals surface area contributed by atoms with Crippen LogP contribution in [0.2, 0.25) is 0 Å². The van der Waals surface area contributed by atoms with Crippen LogP contribution in [0.3, 0.4) is 0 Å². The first-order chi connectivity index (χ1) is 6.27. The lowest BCUT2D eigenvalue weighted by atomic mass is 10.3. The molecular formula is C9H11NO3. The molecule has 0 unspecified atom stereocenters. The van der Waals surface area contributed by atoms with Crippen molar-refractivity contribution in [3.8, 4) is 0 Å². The van der Waals surface area contributed by atoms with Gasteiger partial charge in [0, 0.05) is 11.6 Å². The fourth-order valence-electron chi connectivity index (χ4n) is 1.30. The molecule has 1 aromatic heterocycles. The first-order valence-electron chi connectivity index (χ1n) is 4.20. The summed E-state index contributed by atoms with van der Waals surface area (Å²) in [7, 11) is 0. The highest BCUT2D eigenvalue weighted by Crippen LogP contribution is 2.19. The Morgan fingerprint density at radius 1 is 1.38 bits per heavy atom. The van der Waals surface area contributed by atoms with Gasteiger partial charge in [0.1, 0.15) is 0 Å². The molecule has 4 nitrogen and oxygen atoms in total. The van der Waals surface area contributed by atoms with Crippen LogP contribution in [0, 0.1) is 12.1 Å². The fraction of sp³-hybridized carbons (Fsp3) is 0.444. The van der Waals surface area contributed by atoms with Gasteiger partial charge in [0.25, 0.3) is 0 Å². The van der Waals surface area contributed by atoms with Crippen molar-refractivity contribution in [3.05, 3.63) is 34.8 Å². The summed E-state index contributed by atoms with van der Waals surface area (Å²) in [6.07, 6.45) is 1.03. The summed E-state index contributed by atoms with van der Waals surface area (Å²) in [6.45, 7) is 2.98. The van der Waals surface area contributed by atoms with Gasteiger partial charge in [-0.05, 0) is 13.0 Å². The van der Waals surface area contributed by atoms with E-state index in [1.807, 2.05) is 13.0 Å². The van der Waals surface area contributed by atoms with E-state index in [1.54, 1.807) is 6.07 Å². The van der Waals surface area contributed by atoms with Crippen LogP contribution in [0.15, 0.2) is 18.3 Å². The van der Waals surface area contributed by atoms with Crippen molar-refractivity contribution >= 4 is 0 Å². The molecule has 70 valence electrons. The summed E-state index contributed by atoms with van der Waals surface area (Å²) in [6, 6.07) is 3.60. The Labute approximate surface area is 76.3 Å². The molecule has 0 saturated carbocycles. The third kappa shape index (κ3) is 1.64. The number of pyridine rings is 1. The molecule has 0 N–H and O–H groups in total. The first kappa shape index (κ1) is 8.47. The van der Waals surface area contributed by atoms with Crippen molar-refractivity contribution in [2.75, 3.05) is 13.2 Å². The molecule has 4 heteroatoms. The number of aromatic nitrogens is 1. The molecule has 0 spiro atoms. The van der Waals surface area contributed by atoms with Gasteiger partial charge in [-0.3, -0.25) is 0 Å². The van der Waals surface area contributed by atoms with E-state index in [2.05, 4.69) is 0 Å². The zero-order valence-electron chi connectivity index (χ0n) is 7.40. The zero-order chi connectivity index (χ0) is 9.26. The van der Waals surface area contributed by atoms with Crippen LogP contribution in [0.25, 0.3) is 0 Å². The highest BCUT2D eigenvalue weighted by molar-refractivity contribution is 5.08. The quantitative estimate of drug-likeness (QED) is 0.472. The summed E-state index contributed by atoms with van der Waals surface area (Å²) in [5, 5.41) is 11.4. The predicted octanol–water partition coefficient (Wildman–Crippen LogP) is 0.674. The number of hydrogen-bond donors (Lipinski definition) is 0. The van der Waals surface area contributed by atoms with Crippen LogP contribution in [-0.2, 0) is 9.47 Å². The van der Waals surface area contributed by atoms with Crippen molar-refractivity contribution in [3.63, 3.8) is 0 Å². The molecule has 1 saturated heterocycles. The Kier molecular flexibility index (Phi) is 2.16. The molecule has 1 aliphatic rings. The van der Waals surface area contributed by atoms with Gasteiger partial charge in [-0.2, -0.15) is 4.73 Å². The molecule has 0 radical (unpaired) electrons. The van der Waals surface area contributed by atoms with Crippen LogP contribution < -0.4 is 4.73 Å². The van der Waals surface area contributed by atoms with Crippen molar-refractivity contribution in [2.45, 2.75) is 13.2 Å². The molecule has 0 amide bonds. The molecule has 0 atom stereocenters. The van der Waals surface area contributed by atoms with Crippen molar-refractivity contribution < 1.29 is 14.2 Å². The molecule has 1 fully saturated rings.